The SMILES string of the molecule is C=C1CC(C)CCN(Cc2nc(Nc3ccc(C(F)(F)F)cc3)c3ccc(-c4ncccc4C(F)(F)F)cc3n2)C1. The van der Waals surface area contributed by atoms with Crippen molar-refractivity contribution in [2.45, 2.75) is 38.7 Å². The maximum absolute atomic E-state index is 13.7. The highest BCUT2D eigenvalue weighted by Crippen LogP contribution is 2.37. The monoisotopic (exact) mass is 571 g/mol. The Morgan fingerprint density at radius 3 is 2.44 bits per heavy atom. The Morgan fingerprint density at radius 1 is 0.976 bits per heavy atom. The van der Waals surface area contributed by atoms with E-state index in [9.17, 15) is 26.3 Å². The summed E-state index contributed by atoms with van der Waals surface area (Å²) in [6, 6.07) is 11.4. The number of rotatable bonds is 5. The molecule has 1 aliphatic rings. The molecule has 4 aromatic rings. The zero-order valence-electron chi connectivity index (χ0n) is 22.2. The Morgan fingerprint density at radius 2 is 1.73 bits per heavy atom. The standard InChI is InChI=1S/C30H27F6N5/c1-18-11-13-41(16-19(2)14-18)17-26-39-25-15-20(27-24(30(34,35)36)4-3-12-37-27)5-10-23(25)28(40-26)38-22-8-6-21(7-9-22)29(31,32)33/h3-10,12,15,18H,2,11,13-14,16-17H2,1H3,(H,38,39,40). The molecule has 5 rings (SSSR count). The molecule has 0 amide bonds. The lowest BCUT2D eigenvalue weighted by Gasteiger charge is -2.20. The average molecular weight is 572 g/mol. The van der Waals surface area contributed by atoms with E-state index >= 15 is 0 Å². The van der Waals surface area contributed by atoms with Crippen LogP contribution >= 0.6 is 0 Å². The number of alkyl halides is 6. The van der Waals surface area contributed by atoms with E-state index in [1.807, 2.05) is 0 Å². The van der Waals surface area contributed by atoms with Crippen molar-refractivity contribution in [1.82, 2.24) is 19.9 Å². The van der Waals surface area contributed by atoms with Crippen molar-refractivity contribution in [2.75, 3.05) is 18.4 Å². The molecule has 11 heteroatoms. The summed E-state index contributed by atoms with van der Waals surface area (Å²) in [5.74, 6) is 1.24. The fourth-order valence-electron chi connectivity index (χ4n) is 5.03. The smallest absolute Gasteiger partial charge is 0.340 e. The summed E-state index contributed by atoms with van der Waals surface area (Å²) in [4.78, 5) is 15.5. The maximum atomic E-state index is 13.7. The van der Waals surface area contributed by atoms with Crippen molar-refractivity contribution >= 4 is 22.4 Å². The van der Waals surface area contributed by atoms with Gasteiger partial charge in [0.2, 0.25) is 0 Å². The van der Waals surface area contributed by atoms with E-state index in [1.54, 1.807) is 6.07 Å². The Bertz CT molecular complexity index is 1560. The molecule has 1 saturated heterocycles. The van der Waals surface area contributed by atoms with E-state index in [0.717, 1.165) is 43.2 Å². The lowest BCUT2D eigenvalue weighted by atomic mass is 10.0. The van der Waals surface area contributed by atoms with Crippen LogP contribution < -0.4 is 5.32 Å². The second-order valence-electron chi connectivity index (χ2n) is 10.4. The van der Waals surface area contributed by atoms with Gasteiger partial charge < -0.3 is 5.32 Å². The average Bonchev–Trinajstić information content (AvgIpc) is 3.06. The van der Waals surface area contributed by atoms with Crippen LogP contribution in [0.1, 0.15) is 36.7 Å². The van der Waals surface area contributed by atoms with Gasteiger partial charge in [-0.1, -0.05) is 25.1 Å². The first-order chi connectivity index (χ1) is 19.4. The van der Waals surface area contributed by atoms with Gasteiger partial charge in [-0.15, -0.1) is 0 Å². The number of anilines is 2. The van der Waals surface area contributed by atoms with Gasteiger partial charge in [-0.25, -0.2) is 9.97 Å². The fraction of sp³-hybridized carbons (Fsp3) is 0.300. The molecule has 214 valence electrons. The van der Waals surface area contributed by atoms with E-state index < -0.39 is 23.5 Å². The first-order valence-electron chi connectivity index (χ1n) is 13.0. The molecule has 5 nitrogen and oxygen atoms in total. The number of fused-ring (bicyclic) bond motifs is 1. The molecule has 0 bridgehead atoms. The van der Waals surface area contributed by atoms with Gasteiger partial charge in [0.05, 0.1) is 28.9 Å². The molecule has 1 N–H and O–H groups in total. The molecule has 1 fully saturated rings. The Hall–Kier alpha value is -3.99. The van der Waals surface area contributed by atoms with Crippen LogP contribution in [0.4, 0.5) is 37.8 Å². The normalized spacial score (nSPS) is 17.0. The van der Waals surface area contributed by atoms with Gasteiger partial charge in [0.25, 0.3) is 0 Å². The Balaban J connectivity index is 1.57. The summed E-state index contributed by atoms with van der Waals surface area (Å²) in [6.07, 6.45) is -5.89. The van der Waals surface area contributed by atoms with Crippen LogP contribution in [0.5, 0.6) is 0 Å². The summed E-state index contributed by atoms with van der Waals surface area (Å²) in [7, 11) is 0. The quantitative estimate of drug-likeness (QED) is 0.193. The molecule has 41 heavy (non-hydrogen) atoms. The number of nitrogens with one attached hydrogen (secondary N) is 1. The highest BCUT2D eigenvalue weighted by molar-refractivity contribution is 5.93. The summed E-state index contributed by atoms with van der Waals surface area (Å²) in [5.41, 5.74) is 0.193. The number of aromatic nitrogens is 3. The number of hydrogen-bond acceptors (Lipinski definition) is 5. The van der Waals surface area contributed by atoms with Crippen molar-refractivity contribution < 1.29 is 26.3 Å². The van der Waals surface area contributed by atoms with Crippen molar-refractivity contribution in [1.29, 1.82) is 0 Å². The van der Waals surface area contributed by atoms with Crippen molar-refractivity contribution in [3.8, 4) is 11.3 Å². The number of hydrogen-bond donors (Lipinski definition) is 1. The van der Waals surface area contributed by atoms with E-state index in [2.05, 4.69) is 33.7 Å². The van der Waals surface area contributed by atoms with Crippen LogP contribution in [0, 0.1) is 5.92 Å². The third-order valence-corrected chi connectivity index (χ3v) is 6.99. The second kappa shape index (κ2) is 11.1. The van der Waals surface area contributed by atoms with Gasteiger partial charge in [0, 0.05) is 29.4 Å². The molecule has 2 aromatic heterocycles. The summed E-state index contributed by atoms with van der Waals surface area (Å²) in [5, 5.41) is 3.57. The third-order valence-electron chi connectivity index (χ3n) is 6.99. The zero-order valence-corrected chi connectivity index (χ0v) is 22.2. The molecule has 1 aliphatic heterocycles. The molecule has 2 aromatic carbocycles. The van der Waals surface area contributed by atoms with Crippen LogP contribution in [-0.4, -0.2) is 32.9 Å². The summed E-state index contributed by atoms with van der Waals surface area (Å²) in [6.45, 7) is 8.16. The minimum Gasteiger partial charge on any atom is -0.340 e. The second-order valence-corrected chi connectivity index (χ2v) is 10.4. The number of nitrogens with zero attached hydrogens (tertiary/aromatic N) is 4. The van der Waals surface area contributed by atoms with Crippen molar-refractivity contribution in [2.24, 2.45) is 5.92 Å². The minimum absolute atomic E-state index is 0.225. The molecule has 0 saturated carbocycles. The molecule has 0 aliphatic carbocycles. The van der Waals surface area contributed by atoms with Crippen LogP contribution in [0.2, 0.25) is 0 Å². The van der Waals surface area contributed by atoms with E-state index in [0.29, 0.717) is 47.2 Å². The fourth-order valence-corrected chi connectivity index (χ4v) is 5.03. The maximum Gasteiger partial charge on any atom is 0.418 e. The van der Waals surface area contributed by atoms with Crippen LogP contribution in [0.15, 0.2) is 72.9 Å². The van der Waals surface area contributed by atoms with Gasteiger partial charge in [-0.05, 0) is 73.8 Å². The van der Waals surface area contributed by atoms with Crippen molar-refractivity contribution in [3.05, 3.63) is 89.9 Å². The van der Waals surface area contributed by atoms with Gasteiger partial charge in [-0.2, -0.15) is 26.3 Å². The van der Waals surface area contributed by atoms with E-state index in [4.69, 9.17) is 4.98 Å². The first kappa shape index (κ1) is 28.5. The number of halogens is 6. The van der Waals surface area contributed by atoms with Gasteiger partial charge in [-0.3, -0.25) is 9.88 Å². The molecule has 0 spiro atoms. The van der Waals surface area contributed by atoms with E-state index in [-0.39, 0.29) is 11.3 Å². The lowest BCUT2D eigenvalue weighted by Crippen LogP contribution is -2.26. The summed E-state index contributed by atoms with van der Waals surface area (Å²) < 4.78 is 80.3. The predicted molar refractivity (Wildman–Crippen MR) is 145 cm³/mol. The lowest BCUT2D eigenvalue weighted by molar-refractivity contribution is -0.138. The molecule has 1 atom stereocenters. The number of benzene rings is 2. The molecule has 3 heterocycles. The summed E-state index contributed by atoms with van der Waals surface area (Å²) >= 11 is 0. The highest BCUT2D eigenvalue weighted by atomic mass is 19.4. The Kier molecular flexibility index (Phi) is 7.74. The van der Waals surface area contributed by atoms with Gasteiger partial charge in [0.15, 0.2) is 0 Å². The number of pyridine rings is 1. The molecular formula is C30H27F6N5. The minimum atomic E-state index is -4.60. The number of likely N-dealkylation sites (tertiary alicyclic amines) is 1. The van der Waals surface area contributed by atoms with Gasteiger partial charge in [0.1, 0.15) is 11.6 Å². The van der Waals surface area contributed by atoms with Crippen molar-refractivity contribution in [3.63, 3.8) is 0 Å². The molecule has 0 radical (unpaired) electrons. The zero-order chi connectivity index (χ0) is 29.4. The third kappa shape index (κ3) is 6.67. The largest absolute Gasteiger partial charge is 0.418 e. The first-order valence-corrected chi connectivity index (χ1v) is 13.0. The van der Waals surface area contributed by atoms with Crippen LogP contribution in [0.25, 0.3) is 22.2 Å². The highest BCUT2D eigenvalue weighted by Gasteiger charge is 2.34. The molecule has 1 unspecified atom stereocenters. The molecular weight excluding hydrogens is 544 g/mol. The van der Waals surface area contributed by atoms with E-state index in [1.165, 1.54) is 36.5 Å². The Labute approximate surface area is 233 Å². The topological polar surface area (TPSA) is 53.9 Å². The van der Waals surface area contributed by atoms with Crippen LogP contribution in [-0.2, 0) is 18.9 Å². The predicted octanol–water partition coefficient (Wildman–Crippen LogP) is 8.26. The van der Waals surface area contributed by atoms with Gasteiger partial charge >= 0.3 is 12.4 Å². The van der Waals surface area contributed by atoms with Crippen LogP contribution in [0.3, 0.4) is 0 Å².